The van der Waals surface area contributed by atoms with Crippen LogP contribution in [0.15, 0.2) is 24.5 Å². The number of amides is 1. The van der Waals surface area contributed by atoms with Crippen molar-refractivity contribution in [3.8, 4) is 0 Å². The maximum atomic E-state index is 11.7. The van der Waals surface area contributed by atoms with Crippen molar-refractivity contribution in [1.82, 2.24) is 15.6 Å². The molecule has 1 aromatic heterocycles. The highest BCUT2D eigenvalue weighted by Crippen LogP contribution is 2.17. The molecule has 0 aliphatic heterocycles. The Morgan fingerprint density at radius 2 is 2.28 bits per heavy atom. The summed E-state index contributed by atoms with van der Waals surface area (Å²) in [7, 11) is 0. The fourth-order valence-corrected chi connectivity index (χ4v) is 2.34. The van der Waals surface area contributed by atoms with E-state index in [-0.39, 0.29) is 11.9 Å². The Bertz CT molecular complexity index is 374. The summed E-state index contributed by atoms with van der Waals surface area (Å²) in [6.07, 6.45) is 8.32. The van der Waals surface area contributed by atoms with Gasteiger partial charge in [-0.15, -0.1) is 0 Å². The largest absolute Gasteiger partial charge is 0.352 e. The van der Waals surface area contributed by atoms with E-state index in [1.807, 2.05) is 25.3 Å². The summed E-state index contributed by atoms with van der Waals surface area (Å²) in [6.45, 7) is 2.41. The van der Waals surface area contributed by atoms with Crippen LogP contribution >= 0.6 is 0 Å². The maximum absolute atomic E-state index is 11.7. The Balaban J connectivity index is 1.72. The molecule has 0 bridgehead atoms. The summed E-state index contributed by atoms with van der Waals surface area (Å²) in [5, 5.41) is 6.29. The molecule has 4 heteroatoms. The second kappa shape index (κ2) is 6.50. The SMILES string of the molecule is C[C@@H](NCC(=O)NC1CCCC1)c1cccnc1. The molecule has 1 aliphatic carbocycles. The third-order valence-electron chi connectivity index (χ3n) is 3.47. The highest BCUT2D eigenvalue weighted by atomic mass is 16.1. The summed E-state index contributed by atoms with van der Waals surface area (Å²) < 4.78 is 0. The molecule has 0 aromatic carbocycles. The quantitative estimate of drug-likeness (QED) is 0.834. The molecule has 0 spiro atoms. The van der Waals surface area contributed by atoms with Crippen LogP contribution in [0.5, 0.6) is 0 Å². The molecule has 1 fully saturated rings. The minimum Gasteiger partial charge on any atom is -0.352 e. The van der Waals surface area contributed by atoms with Gasteiger partial charge in [0.2, 0.25) is 5.91 Å². The van der Waals surface area contributed by atoms with E-state index in [1.165, 1.54) is 12.8 Å². The zero-order valence-electron chi connectivity index (χ0n) is 10.9. The lowest BCUT2D eigenvalue weighted by molar-refractivity contribution is -0.121. The number of aromatic nitrogens is 1. The molecule has 4 nitrogen and oxygen atoms in total. The Hall–Kier alpha value is -1.42. The summed E-state index contributed by atoms with van der Waals surface area (Å²) in [6, 6.07) is 4.46. The van der Waals surface area contributed by atoms with Crippen LogP contribution in [0.1, 0.15) is 44.2 Å². The average Bonchev–Trinajstić information content (AvgIpc) is 2.90. The van der Waals surface area contributed by atoms with Gasteiger partial charge >= 0.3 is 0 Å². The zero-order valence-corrected chi connectivity index (χ0v) is 10.9. The smallest absolute Gasteiger partial charge is 0.234 e. The van der Waals surface area contributed by atoms with E-state index in [4.69, 9.17) is 0 Å². The van der Waals surface area contributed by atoms with Crippen LogP contribution in [0.2, 0.25) is 0 Å². The molecule has 1 saturated carbocycles. The van der Waals surface area contributed by atoms with Crippen molar-refractivity contribution in [1.29, 1.82) is 0 Å². The van der Waals surface area contributed by atoms with Crippen molar-refractivity contribution < 1.29 is 4.79 Å². The number of hydrogen-bond donors (Lipinski definition) is 2. The lowest BCUT2D eigenvalue weighted by Gasteiger charge is -2.16. The first kappa shape index (κ1) is 13.0. The van der Waals surface area contributed by atoms with Crippen molar-refractivity contribution >= 4 is 5.91 Å². The van der Waals surface area contributed by atoms with E-state index >= 15 is 0 Å². The molecule has 1 amide bonds. The minimum atomic E-state index is 0.0950. The van der Waals surface area contributed by atoms with E-state index < -0.39 is 0 Å². The van der Waals surface area contributed by atoms with Gasteiger partial charge in [0.05, 0.1) is 6.54 Å². The van der Waals surface area contributed by atoms with E-state index in [9.17, 15) is 4.79 Å². The van der Waals surface area contributed by atoms with Gasteiger partial charge in [-0.2, -0.15) is 0 Å². The van der Waals surface area contributed by atoms with Crippen LogP contribution in [-0.2, 0) is 4.79 Å². The number of carbonyl (C=O) groups excluding carboxylic acids is 1. The average molecular weight is 247 g/mol. The van der Waals surface area contributed by atoms with E-state index in [1.54, 1.807) is 6.20 Å². The van der Waals surface area contributed by atoms with Gasteiger partial charge in [0.15, 0.2) is 0 Å². The molecular weight excluding hydrogens is 226 g/mol. The van der Waals surface area contributed by atoms with E-state index in [0.29, 0.717) is 12.6 Å². The molecule has 1 heterocycles. The number of rotatable bonds is 5. The first-order valence-electron chi connectivity index (χ1n) is 6.68. The first-order valence-corrected chi connectivity index (χ1v) is 6.68. The van der Waals surface area contributed by atoms with Gasteiger partial charge < -0.3 is 10.6 Å². The van der Waals surface area contributed by atoms with Crippen molar-refractivity contribution in [2.75, 3.05) is 6.54 Å². The molecule has 0 unspecified atom stereocenters. The topological polar surface area (TPSA) is 54.0 Å². The number of pyridine rings is 1. The zero-order chi connectivity index (χ0) is 12.8. The van der Waals surface area contributed by atoms with Crippen LogP contribution < -0.4 is 10.6 Å². The molecular formula is C14H21N3O. The van der Waals surface area contributed by atoms with Crippen LogP contribution in [0.25, 0.3) is 0 Å². The predicted molar refractivity (Wildman–Crippen MR) is 71.1 cm³/mol. The van der Waals surface area contributed by atoms with Crippen molar-refractivity contribution in [3.05, 3.63) is 30.1 Å². The highest BCUT2D eigenvalue weighted by molar-refractivity contribution is 5.78. The van der Waals surface area contributed by atoms with E-state index in [0.717, 1.165) is 18.4 Å². The normalized spacial score (nSPS) is 17.6. The summed E-state index contributed by atoms with van der Waals surface area (Å²) >= 11 is 0. The molecule has 18 heavy (non-hydrogen) atoms. The third-order valence-corrected chi connectivity index (χ3v) is 3.47. The van der Waals surface area contributed by atoms with Crippen LogP contribution in [0, 0.1) is 0 Å². The molecule has 0 radical (unpaired) electrons. The molecule has 0 saturated heterocycles. The fourth-order valence-electron chi connectivity index (χ4n) is 2.34. The second-order valence-electron chi connectivity index (χ2n) is 4.94. The predicted octanol–water partition coefficient (Wildman–Crippen LogP) is 1.79. The van der Waals surface area contributed by atoms with Crippen LogP contribution in [-0.4, -0.2) is 23.5 Å². The lowest BCUT2D eigenvalue weighted by Crippen LogP contribution is -2.39. The standard InChI is InChI=1S/C14H21N3O/c1-11(12-5-4-8-15-9-12)16-10-14(18)17-13-6-2-3-7-13/h4-5,8-9,11,13,16H,2-3,6-7,10H2,1H3,(H,17,18)/t11-/m1/s1. The van der Waals surface area contributed by atoms with Crippen LogP contribution in [0.3, 0.4) is 0 Å². The molecule has 1 atom stereocenters. The second-order valence-corrected chi connectivity index (χ2v) is 4.94. The highest BCUT2D eigenvalue weighted by Gasteiger charge is 2.17. The van der Waals surface area contributed by atoms with Crippen LogP contribution in [0.4, 0.5) is 0 Å². The minimum absolute atomic E-state index is 0.0950. The number of carbonyl (C=O) groups is 1. The molecule has 1 aromatic rings. The Morgan fingerprint density at radius 3 is 2.94 bits per heavy atom. The first-order chi connectivity index (χ1) is 8.75. The summed E-state index contributed by atoms with van der Waals surface area (Å²) in [5.74, 6) is 0.0950. The van der Waals surface area contributed by atoms with Gasteiger partial charge in [0.1, 0.15) is 0 Å². The number of hydrogen-bond acceptors (Lipinski definition) is 3. The van der Waals surface area contributed by atoms with E-state index in [2.05, 4.69) is 15.6 Å². The third kappa shape index (κ3) is 3.81. The molecule has 2 rings (SSSR count). The summed E-state index contributed by atoms with van der Waals surface area (Å²) in [4.78, 5) is 15.8. The van der Waals surface area contributed by atoms with Gasteiger partial charge in [-0.3, -0.25) is 9.78 Å². The number of nitrogens with one attached hydrogen (secondary N) is 2. The van der Waals surface area contributed by atoms with Crippen molar-refractivity contribution in [2.45, 2.75) is 44.7 Å². The van der Waals surface area contributed by atoms with Gasteiger partial charge in [-0.25, -0.2) is 0 Å². The number of nitrogens with zero attached hydrogens (tertiary/aromatic N) is 1. The monoisotopic (exact) mass is 247 g/mol. The Morgan fingerprint density at radius 1 is 1.50 bits per heavy atom. The van der Waals surface area contributed by atoms with Gasteiger partial charge in [-0.1, -0.05) is 18.9 Å². The van der Waals surface area contributed by atoms with Crippen molar-refractivity contribution in [2.24, 2.45) is 0 Å². The summed E-state index contributed by atoms with van der Waals surface area (Å²) in [5.41, 5.74) is 1.10. The molecule has 98 valence electrons. The molecule has 2 N–H and O–H groups in total. The van der Waals surface area contributed by atoms with Crippen molar-refractivity contribution in [3.63, 3.8) is 0 Å². The Labute approximate surface area is 108 Å². The van der Waals surface area contributed by atoms with Gasteiger partial charge in [0.25, 0.3) is 0 Å². The van der Waals surface area contributed by atoms with Gasteiger partial charge in [0, 0.05) is 24.5 Å². The van der Waals surface area contributed by atoms with Gasteiger partial charge in [-0.05, 0) is 31.4 Å². The molecule has 1 aliphatic rings. The Kier molecular flexibility index (Phi) is 4.70. The maximum Gasteiger partial charge on any atom is 0.234 e. The lowest BCUT2D eigenvalue weighted by atomic mass is 10.1. The fraction of sp³-hybridized carbons (Fsp3) is 0.571.